The highest BCUT2D eigenvalue weighted by Gasteiger charge is 2.32. The standard InChI is InChI=1S/C22H25N5O2S/c1-14-4-7-19-26-20(21(27(19)12-14)24-8-9-30-13-23-2)17-10-15-5-6-16(29-3)11-18(15)25-22(17)28/h4-7,11-13,17,24H,8-10H2,1-3H3,(H,25,28). The Hall–Kier alpha value is -3.00. The van der Waals surface area contributed by atoms with Gasteiger partial charge in [-0.1, -0.05) is 12.1 Å². The second-order valence-electron chi connectivity index (χ2n) is 7.21. The number of aromatic nitrogens is 2. The van der Waals surface area contributed by atoms with E-state index in [1.807, 2.05) is 53.4 Å². The van der Waals surface area contributed by atoms with Gasteiger partial charge in [-0.2, -0.15) is 0 Å². The third kappa shape index (κ3) is 4.00. The molecule has 1 aliphatic rings. The van der Waals surface area contributed by atoms with E-state index in [0.717, 1.165) is 52.0 Å². The van der Waals surface area contributed by atoms with Gasteiger partial charge in [0.1, 0.15) is 17.2 Å². The first-order chi connectivity index (χ1) is 14.6. The number of ether oxygens (including phenoxy) is 1. The molecule has 156 valence electrons. The highest BCUT2D eigenvalue weighted by molar-refractivity contribution is 8.12. The van der Waals surface area contributed by atoms with Crippen LogP contribution in [-0.2, 0) is 11.2 Å². The number of fused-ring (bicyclic) bond motifs is 2. The van der Waals surface area contributed by atoms with Crippen molar-refractivity contribution in [2.24, 2.45) is 4.99 Å². The number of aliphatic imine (C=N–C) groups is 1. The molecule has 1 atom stereocenters. The molecule has 0 spiro atoms. The fourth-order valence-corrected chi connectivity index (χ4v) is 4.15. The normalized spacial score (nSPS) is 16.0. The Morgan fingerprint density at radius 3 is 3.07 bits per heavy atom. The Bertz CT molecular complexity index is 1110. The molecule has 0 fully saturated rings. The molecule has 1 amide bonds. The molecular formula is C22H25N5O2S. The van der Waals surface area contributed by atoms with E-state index in [-0.39, 0.29) is 11.8 Å². The van der Waals surface area contributed by atoms with E-state index in [0.29, 0.717) is 6.42 Å². The molecule has 4 rings (SSSR count). The number of carbonyl (C=O) groups excluding carboxylic acids is 1. The van der Waals surface area contributed by atoms with Crippen molar-refractivity contribution in [1.29, 1.82) is 0 Å². The second-order valence-corrected chi connectivity index (χ2v) is 8.16. The third-order valence-corrected chi connectivity index (χ3v) is 5.93. The smallest absolute Gasteiger partial charge is 0.234 e. The van der Waals surface area contributed by atoms with E-state index in [1.165, 1.54) is 0 Å². The van der Waals surface area contributed by atoms with Crippen molar-refractivity contribution in [2.75, 3.05) is 37.1 Å². The SMILES string of the molecule is CN=CSCCNc1c(C2Cc3ccc(OC)cc3NC2=O)nc2ccc(C)cn12. The monoisotopic (exact) mass is 423 g/mol. The number of rotatable bonds is 7. The van der Waals surface area contributed by atoms with Gasteiger partial charge in [0.05, 0.1) is 24.3 Å². The van der Waals surface area contributed by atoms with Gasteiger partial charge >= 0.3 is 0 Å². The Morgan fingerprint density at radius 1 is 1.40 bits per heavy atom. The number of anilines is 2. The van der Waals surface area contributed by atoms with E-state index >= 15 is 0 Å². The number of thioether (sulfide) groups is 1. The quantitative estimate of drug-likeness (QED) is 0.344. The van der Waals surface area contributed by atoms with E-state index in [2.05, 4.69) is 15.6 Å². The van der Waals surface area contributed by atoms with E-state index in [4.69, 9.17) is 9.72 Å². The van der Waals surface area contributed by atoms with Gasteiger partial charge in [-0.3, -0.25) is 14.2 Å². The molecule has 30 heavy (non-hydrogen) atoms. The zero-order valence-electron chi connectivity index (χ0n) is 17.3. The van der Waals surface area contributed by atoms with Crippen LogP contribution in [0, 0.1) is 6.92 Å². The van der Waals surface area contributed by atoms with Crippen molar-refractivity contribution in [1.82, 2.24) is 9.38 Å². The summed E-state index contributed by atoms with van der Waals surface area (Å²) >= 11 is 1.64. The van der Waals surface area contributed by atoms with Crippen molar-refractivity contribution in [3.05, 3.63) is 53.3 Å². The van der Waals surface area contributed by atoms with Gasteiger partial charge in [0.25, 0.3) is 0 Å². The predicted octanol–water partition coefficient (Wildman–Crippen LogP) is 3.73. The van der Waals surface area contributed by atoms with Crippen molar-refractivity contribution < 1.29 is 9.53 Å². The van der Waals surface area contributed by atoms with Crippen LogP contribution >= 0.6 is 11.8 Å². The van der Waals surface area contributed by atoms with Crippen LogP contribution in [-0.4, -0.2) is 47.3 Å². The minimum atomic E-state index is -0.363. The molecule has 0 radical (unpaired) electrons. The lowest BCUT2D eigenvalue weighted by molar-refractivity contribution is -0.117. The number of hydrogen-bond donors (Lipinski definition) is 2. The first-order valence-corrected chi connectivity index (χ1v) is 10.9. The maximum Gasteiger partial charge on any atom is 0.234 e. The van der Waals surface area contributed by atoms with Crippen molar-refractivity contribution in [2.45, 2.75) is 19.3 Å². The zero-order chi connectivity index (χ0) is 21.1. The van der Waals surface area contributed by atoms with Crippen LogP contribution in [0.4, 0.5) is 11.5 Å². The van der Waals surface area contributed by atoms with E-state index < -0.39 is 0 Å². The van der Waals surface area contributed by atoms with Gasteiger partial charge in [-0.05, 0) is 36.6 Å². The number of nitrogens with one attached hydrogen (secondary N) is 2. The predicted molar refractivity (Wildman–Crippen MR) is 123 cm³/mol. The van der Waals surface area contributed by atoms with Crippen molar-refractivity contribution >= 4 is 40.4 Å². The Labute approximate surface area is 179 Å². The number of nitrogens with zero attached hydrogens (tertiary/aromatic N) is 3. The third-order valence-electron chi connectivity index (χ3n) is 5.13. The van der Waals surface area contributed by atoms with Gasteiger partial charge < -0.3 is 15.4 Å². The van der Waals surface area contributed by atoms with Crippen molar-refractivity contribution in [3.8, 4) is 5.75 Å². The topological polar surface area (TPSA) is 80.0 Å². The van der Waals surface area contributed by atoms with Crippen LogP contribution < -0.4 is 15.4 Å². The molecule has 7 nitrogen and oxygen atoms in total. The van der Waals surface area contributed by atoms with Crippen LogP contribution in [0.2, 0.25) is 0 Å². The molecule has 1 aliphatic heterocycles. The summed E-state index contributed by atoms with van der Waals surface area (Å²) in [5, 5.41) is 6.53. The highest BCUT2D eigenvalue weighted by atomic mass is 32.2. The Kier molecular flexibility index (Phi) is 5.94. The summed E-state index contributed by atoms with van der Waals surface area (Å²) in [4.78, 5) is 21.8. The summed E-state index contributed by atoms with van der Waals surface area (Å²) in [6.07, 6.45) is 2.65. The summed E-state index contributed by atoms with van der Waals surface area (Å²) in [5.41, 5.74) is 6.45. The second kappa shape index (κ2) is 8.79. The molecule has 1 aromatic carbocycles. The van der Waals surface area contributed by atoms with Crippen LogP contribution in [0.15, 0.2) is 41.5 Å². The van der Waals surface area contributed by atoms with Crippen LogP contribution in [0.25, 0.3) is 5.65 Å². The van der Waals surface area contributed by atoms with Gasteiger partial charge in [-0.25, -0.2) is 4.98 Å². The van der Waals surface area contributed by atoms with E-state index in [1.54, 1.807) is 25.9 Å². The minimum Gasteiger partial charge on any atom is -0.497 e. The number of methoxy groups -OCH3 is 1. The first kappa shape index (κ1) is 20.3. The molecule has 1 unspecified atom stereocenters. The molecule has 0 bridgehead atoms. The molecule has 3 aromatic rings. The summed E-state index contributed by atoms with van der Waals surface area (Å²) in [6, 6.07) is 9.82. The molecule has 8 heteroatoms. The Morgan fingerprint density at radius 2 is 2.27 bits per heavy atom. The molecule has 2 aromatic heterocycles. The lowest BCUT2D eigenvalue weighted by atomic mass is 9.90. The summed E-state index contributed by atoms with van der Waals surface area (Å²) in [7, 11) is 3.39. The average Bonchev–Trinajstić information content (AvgIpc) is 3.10. The Balaban J connectivity index is 1.68. The van der Waals surface area contributed by atoms with Gasteiger partial charge in [0.15, 0.2) is 0 Å². The number of amides is 1. The zero-order valence-corrected chi connectivity index (χ0v) is 18.1. The number of pyridine rings is 1. The lowest BCUT2D eigenvalue weighted by Crippen LogP contribution is -2.29. The van der Waals surface area contributed by atoms with Crippen molar-refractivity contribution in [3.63, 3.8) is 0 Å². The van der Waals surface area contributed by atoms with Gasteiger partial charge in [-0.15, -0.1) is 11.8 Å². The minimum absolute atomic E-state index is 0.0496. The van der Waals surface area contributed by atoms with Crippen LogP contribution in [0.3, 0.4) is 0 Å². The molecule has 0 saturated heterocycles. The number of hydrogen-bond acceptors (Lipinski definition) is 6. The van der Waals surface area contributed by atoms with Crippen LogP contribution in [0.5, 0.6) is 5.75 Å². The van der Waals surface area contributed by atoms with Gasteiger partial charge in [0.2, 0.25) is 5.91 Å². The molecule has 2 N–H and O–H groups in total. The molecular weight excluding hydrogens is 398 g/mol. The molecule has 3 heterocycles. The maximum absolute atomic E-state index is 13.0. The number of imidazole rings is 1. The average molecular weight is 424 g/mol. The highest BCUT2D eigenvalue weighted by Crippen LogP contribution is 2.36. The summed E-state index contributed by atoms with van der Waals surface area (Å²) in [5.74, 6) is 2.06. The first-order valence-electron chi connectivity index (χ1n) is 9.83. The van der Waals surface area contributed by atoms with Crippen LogP contribution in [0.1, 0.15) is 22.7 Å². The number of benzene rings is 1. The largest absolute Gasteiger partial charge is 0.497 e. The summed E-state index contributed by atoms with van der Waals surface area (Å²) < 4.78 is 7.32. The fraction of sp³-hybridized carbons (Fsp3) is 0.318. The van der Waals surface area contributed by atoms with E-state index in [9.17, 15) is 4.79 Å². The molecule has 0 saturated carbocycles. The van der Waals surface area contributed by atoms with Gasteiger partial charge in [0, 0.05) is 37.3 Å². The lowest BCUT2D eigenvalue weighted by Gasteiger charge is -2.25. The fourth-order valence-electron chi connectivity index (χ4n) is 3.67. The molecule has 0 aliphatic carbocycles. The summed E-state index contributed by atoms with van der Waals surface area (Å²) in [6.45, 7) is 2.79. The number of aryl methyl sites for hydroxylation is 1. The maximum atomic E-state index is 13.0. The number of carbonyl (C=O) groups is 1.